The highest BCUT2D eigenvalue weighted by Gasteiger charge is 2.29. The fourth-order valence-electron chi connectivity index (χ4n) is 2.03. The van der Waals surface area contributed by atoms with Crippen LogP contribution in [0.1, 0.15) is 31.7 Å². The monoisotopic (exact) mass is 319 g/mol. The van der Waals surface area contributed by atoms with Gasteiger partial charge >= 0.3 is 0 Å². The number of aromatic nitrogens is 1. The second-order valence-corrected chi connectivity index (χ2v) is 4.87. The topological polar surface area (TPSA) is 3.88 Å². The van der Waals surface area contributed by atoms with Crippen molar-refractivity contribution in [3.63, 3.8) is 0 Å². The Labute approximate surface area is 104 Å². The fraction of sp³-hybridized carbons (Fsp3) is 0.545. The van der Waals surface area contributed by atoms with Crippen molar-refractivity contribution < 1.29 is 21.5 Å². The van der Waals surface area contributed by atoms with E-state index in [4.69, 9.17) is 0 Å². The molecule has 1 aromatic rings. The molecule has 0 aromatic carbocycles. The van der Waals surface area contributed by atoms with E-state index in [-0.39, 0.29) is 17.0 Å². The standard InChI is InChI=1S/C11H15BrN.BrH/c12-10-6-2-3-7-11(10)13-8-4-1-5-9-13;/h1,4-5,8-11H,2-3,6-7H2;1H/q+1;/p-1. The van der Waals surface area contributed by atoms with Crippen LogP contribution in [0.5, 0.6) is 0 Å². The van der Waals surface area contributed by atoms with Gasteiger partial charge in [-0.25, -0.2) is 4.57 Å². The fourth-order valence-corrected chi connectivity index (χ4v) is 2.90. The summed E-state index contributed by atoms with van der Waals surface area (Å²) in [5.41, 5.74) is 0. The average Bonchev–Trinajstić information content (AvgIpc) is 2.20. The molecule has 1 aliphatic rings. The van der Waals surface area contributed by atoms with Gasteiger partial charge < -0.3 is 17.0 Å². The number of alkyl halides is 1. The van der Waals surface area contributed by atoms with Crippen LogP contribution in [0, 0.1) is 0 Å². The first-order chi connectivity index (χ1) is 6.38. The molecule has 1 aromatic heterocycles. The number of rotatable bonds is 1. The van der Waals surface area contributed by atoms with Crippen molar-refractivity contribution in [3.05, 3.63) is 30.6 Å². The molecule has 0 saturated heterocycles. The highest BCUT2D eigenvalue weighted by Crippen LogP contribution is 2.29. The van der Waals surface area contributed by atoms with Crippen LogP contribution in [0.15, 0.2) is 30.6 Å². The Bertz CT molecular complexity index is 263. The minimum Gasteiger partial charge on any atom is -1.00 e. The lowest BCUT2D eigenvalue weighted by Gasteiger charge is -2.22. The lowest BCUT2D eigenvalue weighted by Crippen LogP contribution is -3.00. The Morgan fingerprint density at radius 1 is 1.00 bits per heavy atom. The van der Waals surface area contributed by atoms with Crippen molar-refractivity contribution in [1.82, 2.24) is 0 Å². The molecule has 0 bridgehead atoms. The third-order valence-corrected chi connectivity index (χ3v) is 3.84. The molecule has 3 heteroatoms. The number of hydrogen-bond donors (Lipinski definition) is 0. The van der Waals surface area contributed by atoms with Gasteiger partial charge in [0.25, 0.3) is 0 Å². The van der Waals surface area contributed by atoms with Crippen molar-refractivity contribution in [2.75, 3.05) is 0 Å². The minimum absolute atomic E-state index is 0. The van der Waals surface area contributed by atoms with Gasteiger partial charge in [-0.15, -0.1) is 0 Å². The van der Waals surface area contributed by atoms with Crippen molar-refractivity contribution in [1.29, 1.82) is 0 Å². The molecule has 1 fully saturated rings. The van der Waals surface area contributed by atoms with Crippen LogP contribution in [0.4, 0.5) is 0 Å². The second-order valence-electron chi connectivity index (χ2n) is 3.69. The summed E-state index contributed by atoms with van der Waals surface area (Å²) < 4.78 is 2.33. The van der Waals surface area contributed by atoms with Crippen LogP contribution in [0.25, 0.3) is 0 Å². The predicted octanol–water partition coefficient (Wildman–Crippen LogP) is -0.143. The zero-order chi connectivity index (χ0) is 9.10. The molecule has 0 amide bonds. The Morgan fingerprint density at radius 2 is 1.64 bits per heavy atom. The Hall–Kier alpha value is 0.110. The predicted molar refractivity (Wildman–Crippen MR) is 56.9 cm³/mol. The van der Waals surface area contributed by atoms with E-state index in [0.717, 1.165) is 0 Å². The number of nitrogens with zero attached hydrogens (tertiary/aromatic N) is 1. The summed E-state index contributed by atoms with van der Waals surface area (Å²) >= 11 is 3.77. The average molecular weight is 321 g/mol. The molecular weight excluding hydrogens is 306 g/mol. The van der Waals surface area contributed by atoms with Gasteiger partial charge in [-0.3, -0.25) is 0 Å². The summed E-state index contributed by atoms with van der Waals surface area (Å²) in [7, 11) is 0. The molecule has 1 nitrogen and oxygen atoms in total. The van der Waals surface area contributed by atoms with E-state index < -0.39 is 0 Å². The SMILES string of the molecule is BrC1CCCCC1[n+]1ccccc1.[Br-]. The molecule has 1 heterocycles. The summed E-state index contributed by atoms with van der Waals surface area (Å²) in [4.78, 5) is 0.661. The lowest BCUT2D eigenvalue weighted by molar-refractivity contribution is -0.724. The largest absolute Gasteiger partial charge is 1.00 e. The highest BCUT2D eigenvalue weighted by atomic mass is 79.9. The normalized spacial score (nSPS) is 26.6. The van der Waals surface area contributed by atoms with Gasteiger partial charge in [-0.05, 0) is 12.8 Å². The Balaban J connectivity index is 0.000000980. The molecule has 0 spiro atoms. The van der Waals surface area contributed by atoms with Crippen LogP contribution in [-0.4, -0.2) is 4.83 Å². The van der Waals surface area contributed by atoms with Crippen molar-refractivity contribution in [2.45, 2.75) is 36.6 Å². The molecule has 1 saturated carbocycles. The quantitative estimate of drug-likeness (QED) is 0.501. The number of halogens is 2. The van der Waals surface area contributed by atoms with E-state index in [2.05, 4.69) is 51.1 Å². The van der Waals surface area contributed by atoms with Gasteiger partial charge in [-0.2, -0.15) is 0 Å². The molecular formula is C11H15Br2N. The first-order valence-electron chi connectivity index (χ1n) is 4.98. The summed E-state index contributed by atoms with van der Waals surface area (Å²) in [5.74, 6) is 0. The molecule has 0 aliphatic heterocycles. The zero-order valence-corrected chi connectivity index (χ0v) is 11.2. The van der Waals surface area contributed by atoms with E-state index in [1.807, 2.05) is 0 Å². The maximum absolute atomic E-state index is 3.77. The summed E-state index contributed by atoms with van der Waals surface area (Å²) in [5, 5.41) is 0. The summed E-state index contributed by atoms with van der Waals surface area (Å²) in [6.45, 7) is 0. The third-order valence-electron chi connectivity index (χ3n) is 2.77. The highest BCUT2D eigenvalue weighted by molar-refractivity contribution is 9.09. The van der Waals surface area contributed by atoms with Crippen molar-refractivity contribution in [3.8, 4) is 0 Å². The van der Waals surface area contributed by atoms with Crippen LogP contribution in [-0.2, 0) is 0 Å². The molecule has 0 N–H and O–H groups in total. The van der Waals surface area contributed by atoms with Gasteiger partial charge in [0.15, 0.2) is 18.4 Å². The van der Waals surface area contributed by atoms with Crippen LogP contribution in [0.2, 0.25) is 0 Å². The number of pyridine rings is 1. The van der Waals surface area contributed by atoms with Gasteiger partial charge in [0.2, 0.25) is 0 Å². The maximum Gasteiger partial charge on any atom is 0.170 e. The van der Waals surface area contributed by atoms with Crippen molar-refractivity contribution >= 4 is 15.9 Å². The Morgan fingerprint density at radius 3 is 2.29 bits per heavy atom. The smallest absolute Gasteiger partial charge is 0.170 e. The molecule has 0 radical (unpaired) electrons. The third kappa shape index (κ3) is 2.80. The molecule has 2 atom stereocenters. The van der Waals surface area contributed by atoms with E-state index in [1.54, 1.807) is 0 Å². The summed E-state index contributed by atoms with van der Waals surface area (Å²) in [6, 6.07) is 6.94. The van der Waals surface area contributed by atoms with Gasteiger partial charge in [0.1, 0.15) is 0 Å². The van der Waals surface area contributed by atoms with Crippen LogP contribution in [0.3, 0.4) is 0 Å². The first-order valence-corrected chi connectivity index (χ1v) is 5.89. The summed E-state index contributed by atoms with van der Waals surface area (Å²) in [6.07, 6.45) is 9.71. The molecule has 1 aliphatic carbocycles. The van der Waals surface area contributed by atoms with Gasteiger partial charge in [0.05, 0.1) is 4.83 Å². The van der Waals surface area contributed by atoms with Crippen molar-refractivity contribution in [2.24, 2.45) is 0 Å². The van der Waals surface area contributed by atoms with Crippen LogP contribution < -0.4 is 21.5 Å². The molecule has 78 valence electrons. The second kappa shape index (κ2) is 5.86. The maximum atomic E-state index is 3.77. The molecule has 14 heavy (non-hydrogen) atoms. The number of hydrogen-bond acceptors (Lipinski definition) is 0. The van der Waals surface area contributed by atoms with E-state index >= 15 is 0 Å². The van der Waals surface area contributed by atoms with Gasteiger partial charge in [0, 0.05) is 18.6 Å². The first kappa shape index (κ1) is 12.2. The molecule has 2 unspecified atom stereocenters. The lowest BCUT2D eigenvalue weighted by atomic mass is 9.95. The minimum atomic E-state index is 0. The Kier molecular flexibility index (Phi) is 5.10. The van der Waals surface area contributed by atoms with E-state index in [9.17, 15) is 0 Å². The van der Waals surface area contributed by atoms with Crippen LogP contribution >= 0.6 is 15.9 Å². The molecule has 2 rings (SSSR count). The van der Waals surface area contributed by atoms with E-state index in [0.29, 0.717) is 10.9 Å². The van der Waals surface area contributed by atoms with Gasteiger partial charge in [-0.1, -0.05) is 28.4 Å². The van der Waals surface area contributed by atoms with E-state index in [1.165, 1.54) is 25.7 Å². The zero-order valence-electron chi connectivity index (χ0n) is 8.07.